The van der Waals surface area contributed by atoms with Crippen LogP contribution in [0.1, 0.15) is 10.5 Å². The van der Waals surface area contributed by atoms with Gasteiger partial charge >= 0.3 is 0 Å². The lowest BCUT2D eigenvalue weighted by atomic mass is 10.1. The third-order valence-corrected chi connectivity index (χ3v) is 2.53. The Balaban J connectivity index is 2.45. The van der Waals surface area contributed by atoms with Gasteiger partial charge in [0.05, 0.1) is 19.9 Å². The molecule has 6 nitrogen and oxygen atoms in total. The minimum absolute atomic E-state index is 0.253. The van der Waals surface area contributed by atoms with E-state index in [0.29, 0.717) is 17.2 Å². The largest absolute Gasteiger partial charge is 0.497 e. The van der Waals surface area contributed by atoms with E-state index in [1.165, 1.54) is 0 Å². The number of primary amides is 1. The normalized spacial score (nSPS) is 10.1. The van der Waals surface area contributed by atoms with Crippen molar-refractivity contribution in [2.45, 2.75) is 0 Å². The highest BCUT2D eigenvalue weighted by molar-refractivity contribution is 5.92. The zero-order valence-corrected chi connectivity index (χ0v) is 10.1. The minimum Gasteiger partial charge on any atom is -0.497 e. The number of H-pyrrole nitrogens is 1. The van der Waals surface area contributed by atoms with E-state index in [4.69, 9.17) is 15.2 Å². The van der Waals surface area contributed by atoms with Gasteiger partial charge in [-0.2, -0.15) is 5.10 Å². The molecule has 0 aliphatic carbocycles. The Hall–Kier alpha value is -2.50. The van der Waals surface area contributed by atoms with Gasteiger partial charge in [-0.3, -0.25) is 9.89 Å². The van der Waals surface area contributed by atoms with Crippen molar-refractivity contribution in [1.82, 2.24) is 10.2 Å². The number of amides is 1. The Bertz CT molecular complexity index is 578. The van der Waals surface area contributed by atoms with Crippen LogP contribution in [0.3, 0.4) is 0 Å². The highest BCUT2D eigenvalue weighted by Crippen LogP contribution is 2.32. The van der Waals surface area contributed by atoms with Crippen molar-refractivity contribution in [3.8, 4) is 22.8 Å². The predicted molar refractivity (Wildman–Crippen MR) is 65.6 cm³/mol. The van der Waals surface area contributed by atoms with Crippen molar-refractivity contribution in [3.05, 3.63) is 30.0 Å². The molecule has 1 aromatic heterocycles. The quantitative estimate of drug-likeness (QED) is 0.849. The Morgan fingerprint density at radius 1 is 1.28 bits per heavy atom. The second-order valence-electron chi connectivity index (χ2n) is 3.60. The molecule has 0 saturated carbocycles. The van der Waals surface area contributed by atoms with Crippen LogP contribution in [0.4, 0.5) is 0 Å². The van der Waals surface area contributed by atoms with Crippen molar-refractivity contribution in [2.75, 3.05) is 14.2 Å². The van der Waals surface area contributed by atoms with Crippen LogP contribution < -0.4 is 15.2 Å². The summed E-state index contributed by atoms with van der Waals surface area (Å²) < 4.78 is 10.4. The van der Waals surface area contributed by atoms with Crippen molar-refractivity contribution in [1.29, 1.82) is 0 Å². The second-order valence-corrected chi connectivity index (χ2v) is 3.60. The van der Waals surface area contributed by atoms with Crippen LogP contribution in [0.15, 0.2) is 24.3 Å². The van der Waals surface area contributed by atoms with Gasteiger partial charge in [0.1, 0.15) is 17.2 Å². The first-order valence-electron chi connectivity index (χ1n) is 5.23. The van der Waals surface area contributed by atoms with Gasteiger partial charge in [-0.15, -0.1) is 0 Å². The molecule has 0 radical (unpaired) electrons. The molecule has 94 valence electrons. The van der Waals surface area contributed by atoms with Gasteiger partial charge < -0.3 is 15.2 Å². The molecule has 3 N–H and O–H groups in total. The van der Waals surface area contributed by atoms with Gasteiger partial charge in [0.25, 0.3) is 5.91 Å². The number of carbonyl (C=O) groups excluding carboxylic acids is 1. The Kier molecular flexibility index (Phi) is 3.18. The standard InChI is InChI=1S/C12H13N3O3/c1-17-7-3-4-8(11(5-7)18-2)9-6-10(12(13)16)15-14-9/h3-6H,1-2H3,(H2,13,16)(H,14,15). The average Bonchev–Trinajstić information content (AvgIpc) is 2.87. The summed E-state index contributed by atoms with van der Waals surface area (Å²) in [6.45, 7) is 0. The van der Waals surface area contributed by atoms with Gasteiger partial charge in [0, 0.05) is 11.6 Å². The number of methoxy groups -OCH3 is 2. The summed E-state index contributed by atoms with van der Waals surface area (Å²) in [6.07, 6.45) is 0. The maximum atomic E-state index is 11.0. The van der Waals surface area contributed by atoms with Crippen LogP contribution in [0.25, 0.3) is 11.3 Å². The Morgan fingerprint density at radius 2 is 2.06 bits per heavy atom. The first kappa shape index (κ1) is 12.0. The molecule has 1 amide bonds. The molecule has 0 unspecified atom stereocenters. The Labute approximate surface area is 104 Å². The van der Waals surface area contributed by atoms with Crippen LogP contribution in [-0.4, -0.2) is 30.3 Å². The van der Waals surface area contributed by atoms with E-state index < -0.39 is 5.91 Å². The summed E-state index contributed by atoms with van der Waals surface area (Å²) in [5.41, 5.74) is 6.75. The summed E-state index contributed by atoms with van der Waals surface area (Å²) in [6, 6.07) is 6.91. The van der Waals surface area contributed by atoms with E-state index in [1.54, 1.807) is 38.5 Å². The van der Waals surface area contributed by atoms with Crippen LogP contribution >= 0.6 is 0 Å². The molecule has 2 aromatic rings. The molecule has 2 rings (SSSR count). The van der Waals surface area contributed by atoms with E-state index >= 15 is 0 Å². The van der Waals surface area contributed by atoms with E-state index in [0.717, 1.165) is 5.56 Å². The first-order chi connectivity index (χ1) is 8.65. The van der Waals surface area contributed by atoms with Gasteiger partial charge in [0.2, 0.25) is 0 Å². The molecule has 0 fully saturated rings. The number of hydrogen-bond acceptors (Lipinski definition) is 4. The van der Waals surface area contributed by atoms with E-state index in [-0.39, 0.29) is 5.69 Å². The highest BCUT2D eigenvalue weighted by Gasteiger charge is 2.12. The van der Waals surface area contributed by atoms with E-state index in [1.807, 2.05) is 0 Å². The lowest BCUT2D eigenvalue weighted by Gasteiger charge is -2.08. The number of aromatic amines is 1. The fourth-order valence-electron chi connectivity index (χ4n) is 1.60. The Morgan fingerprint density at radius 3 is 2.61 bits per heavy atom. The van der Waals surface area contributed by atoms with Crippen molar-refractivity contribution in [3.63, 3.8) is 0 Å². The van der Waals surface area contributed by atoms with Crippen molar-refractivity contribution < 1.29 is 14.3 Å². The molecule has 0 spiro atoms. The molecule has 6 heteroatoms. The molecular weight excluding hydrogens is 234 g/mol. The fourth-order valence-corrected chi connectivity index (χ4v) is 1.60. The lowest BCUT2D eigenvalue weighted by molar-refractivity contribution is 0.0995. The first-order valence-corrected chi connectivity index (χ1v) is 5.23. The maximum Gasteiger partial charge on any atom is 0.266 e. The molecule has 0 aliphatic rings. The summed E-state index contributed by atoms with van der Waals surface area (Å²) in [5, 5.41) is 6.60. The smallest absolute Gasteiger partial charge is 0.266 e. The number of aromatic nitrogens is 2. The summed E-state index contributed by atoms with van der Waals surface area (Å²) in [7, 11) is 3.13. The van der Waals surface area contributed by atoms with Crippen LogP contribution in [0.2, 0.25) is 0 Å². The number of nitrogens with one attached hydrogen (secondary N) is 1. The number of rotatable bonds is 4. The maximum absolute atomic E-state index is 11.0. The molecule has 0 aliphatic heterocycles. The van der Waals surface area contributed by atoms with Crippen molar-refractivity contribution in [2.24, 2.45) is 5.73 Å². The zero-order valence-electron chi connectivity index (χ0n) is 10.1. The summed E-state index contributed by atoms with van der Waals surface area (Å²) >= 11 is 0. The number of carbonyl (C=O) groups is 1. The molecule has 18 heavy (non-hydrogen) atoms. The number of hydrogen-bond donors (Lipinski definition) is 2. The molecule has 0 saturated heterocycles. The third kappa shape index (κ3) is 2.13. The predicted octanol–water partition coefficient (Wildman–Crippen LogP) is 1.19. The SMILES string of the molecule is COc1ccc(-c2cc(C(N)=O)[nH]n2)c(OC)c1. The van der Waals surface area contributed by atoms with Gasteiger partial charge in [0.15, 0.2) is 0 Å². The number of ether oxygens (including phenoxy) is 2. The van der Waals surface area contributed by atoms with Crippen LogP contribution in [0, 0.1) is 0 Å². The summed E-state index contributed by atoms with van der Waals surface area (Å²) in [4.78, 5) is 11.0. The van der Waals surface area contributed by atoms with Crippen LogP contribution in [-0.2, 0) is 0 Å². The van der Waals surface area contributed by atoms with Gasteiger partial charge in [-0.1, -0.05) is 0 Å². The molecule has 1 heterocycles. The van der Waals surface area contributed by atoms with E-state index in [2.05, 4.69) is 10.2 Å². The zero-order chi connectivity index (χ0) is 13.1. The molecule has 1 aromatic carbocycles. The molecule has 0 atom stereocenters. The van der Waals surface area contributed by atoms with Crippen LogP contribution in [0.5, 0.6) is 11.5 Å². The van der Waals surface area contributed by atoms with Gasteiger partial charge in [-0.05, 0) is 18.2 Å². The summed E-state index contributed by atoms with van der Waals surface area (Å²) in [5.74, 6) is 0.736. The average molecular weight is 247 g/mol. The molecule has 0 bridgehead atoms. The van der Waals surface area contributed by atoms with Gasteiger partial charge in [-0.25, -0.2) is 0 Å². The lowest BCUT2D eigenvalue weighted by Crippen LogP contribution is -2.10. The fraction of sp³-hybridized carbons (Fsp3) is 0.167. The van der Waals surface area contributed by atoms with Crippen molar-refractivity contribution >= 4 is 5.91 Å². The topological polar surface area (TPSA) is 90.2 Å². The monoisotopic (exact) mass is 247 g/mol. The number of nitrogens with two attached hydrogens (primary N) is 1. The van der Waals surface area contributed by atoms with E-state index in [9.17, 15) is 4.79 Å². The minimum atomic E-state index is -0.554. The number of nitrogens with zero attached hydrogens (tertiary/aromatic N) is 1. The molecular formula is C12H13N3O3. The highest BCUT2D eigenvalue weighted by atomic mass is 16.5. The second kappa shape index (κ2) is 4.79. The third-order valence-electron chi connectivity index (χ3n) is 2.53. The number of benzene rings is 1.